The number of allylic oxidation sites excluding steroid dienone is 1. The summed E-state index contributed by atoms with van der Waals surface area (Å²) in [6.07, 6.45) is 10.1. The number of carbonyl (C=O) groups excluding carboxylic acids is 2. The third-order valence-electron chi connectivity index (χ3n) is 5.21. The van der Waals surface area contributed by atoms with Crippen LogP contribution < -0.4 is 0 Å². The van der Waals surface area contributed by atoms with Gasteiger partial charge in [0.05, 0.1) is 12.1 Å². The van der Waals surface area contributed by atoms with Crippen molar-refractivity contribution in [1.29, 1.82) is 0 Å². The number of H-pyrrole nitrogens is 1. The third kappa shape index (κ3) is 4.09. The number of pyridine rings is 1. The fraction of sp³-hybridized carbons (Fsp3) is 0.455. The highest BCUT2D eigenvalue weighted by molar-refractivity contribution is 6.27. The molecule has 1 aliphatic carbocycles. The number of nitrogens with zero attached hydrogens (tertiary/aromatic N) is 2. The lowest BCUT2D eigenvalue weighted by Gasteiger charge is -2.18. The average Bonchev–Trinajstić information content (AvgIpc) is 3.24. The fourth-order valence-corrected chi connectivity index (χ4v) is 3.81. The number of fused-ring (bicyclic) bond motifs is 1. The molecule has 2 fully saturated rings. The first-order valence-electron chi connectivity index (χ1n) is 10.2. The SMILES string of the molecule is CC(C)OC(=O)C1C(=O)/C(=C/c2c[nH]c3ncccc23)OC1=NC1CCCCC1. The van der Waals surface area contributed by atoms with Gasteiger partial charge in [0.15, 0.2) is 11.7 Å². The molecule has 1 N–H and O–H groups in total. The molecule has 0 spiro atoms. The highest BCUT2D eigenvalue weighted by atomic mass is 16.6. The van der Waals surface area contributed by atoms with Crippen LogP contribution in [0.25, 0.3) is 17.1 Å². The topological polar surface area (TPSA) is 93.6 Å². The van der Waals surface area contributed by atoms with Gasteiger partial charge in [0.1, 0.15) is 5.65 Å². The molecule has 2 aromatic heterocycles. The van der Waals surface area contributed by atoms with E-state index in [2.05, 4.69) is 15.0 Å². The Labute approximate surface area is 169 Å². The van der Waals surface area contributed by atoms with Gasteiger partial charge >= 0.3 is 5.97 Å². The molecule has 29 heavy (non-hydrogen) atoms. The van der Waals surface area contributed by atoms with Crippen LogP contribution in [0, 0.1) is 5.92 Å². The molecule has 0 bridgehead atoms. The van der Waals surface area contributed by atoms with Gasteiger partial charge < -0.3 is 14.5 Å². The molecule has 3 heterocycles. The van der Waals surface area contributed by atoms with Crippen molar-refractivity contribution in [3.05, 3.63) is 35.8 Å². The fourth-order valence-electron chi connectivity index (χ4n) is 3.81. The molecule has 2 aromatic rings. The molecular formula is C22H25N3O4. The predicted molar refractivity (Wildman–Crippen MR) is 109 cm³/mol. The van der Waals surface area contributed by atoms with Crippen LogP contribution >= 0.6 is 0 Å². The largest absolute Gasteiger partial charge is 0.462 e. The van der Waals surface area contributed by atoms with E-state index < -0.39 is 17.7 Å². The summed E-state index contributed by atoms with van der Waals surface area (Å²) in [6, 6.07) is 3.82. The smallest absolute Gasteiger partial charge is 0.326 e. The summed E-state index contributed by atoms with van der Waals surface area (Å²) in [5.74, 6) is -1.88. The minimum absolute atomic E-state index is 0.0811. The molecule has 1 unspecified atom stereocenters. The highest BCUT2D eigenvalue weighted by Crippen LogP contribution is 2.30. The van der Waals surface area contributed by atoms with E-state index in [9.17, 15) is 9.59 Å². The lowest BCUT2D eigenvalue weighted by molar-refractivity contribution is -0.151. The van der Waals surface area contributed by atoms with Crippen molar-refractivity contribution in [2.24, 2.45) is 10.9 Å². The summed E-state index contributed by atoms with van der Waals surface area (Å²) < 4.78 is 11.2. The molecule has 0 amide bonds. The predicted octanol–water partition coefficient (Wildman–Crippen LogP) is 3.80. The first kappa shape index (κ1) is 19.4. The maximum Gasteiger partial charge on any atom is 0.326 e. The lowest BCUT2D eigenvalue weighted by Crippen LogP contribution is -2.30. The van der Waals surface area contributed by atoms with Crippen LogP contribution in [-0.4, -0.2) is 39.8 Å². The monoisotopic (exact) mass is 395 g/mol. The van der Waals surface area contributed by atoms with E-state index in [1.54, 1.807) is 32.3 Å². The van der Waals surface area contributed by atoms with E-state index in [4.69, 9.17) is 9.47 Å². The van der Waals surface area contributed by atoms with Crippen LogP contribution in [0.3, 0.4) is 0 Å². The number of hydrogen-bond donors (Lipinski definition) is 1. The van der Waals surface area contributed by atoms with Crippen LogP contribution in [0.2, 0.25) is 0 Å². The van der Waals surface area contributed by atoms with Crippen LogP contribution in [-0.2, 0) is 19.1 Å². The summed E-state index contributed by atoms with van der Waals surface area (Å²) >= 11 is 0. The number of carbonyl (C=O) groups is 2. The minimum atomic E-state index is -1.13. The Balaban J connectivity index is 1.68. The Morgan fingerprint density at radius 2 is 2.14 bits per heavy atom. The first-order chi connectivity index (χ1) is 14.0. The van der Waals surface area contributed by atoms with Crippen molar-refractivity contribution < 1.29 is 19.1 Å². The second-order valence-corrected chi connectivity index (χ2v) is 7.80. The summed E-state index contributed by atoms with van der Waals surface area (Å²) in [6.45, 7) is 3.51. The number of aliphatic imine (C=N–C) groups is 1. The summed E-state index contributed by atoms with van der Waals surface area (Å²) in [7, 11) is 0. The van der Waals surface area contributed by atoms with E-state index in [0.29, 0.717) is 0 Å². The lowest BCUT2D eigenvalue weighted by atomic mass is 9.95. The van der Waals surface area contributed by atoms with Crippen LogP contribution in [0.15, 0.2) is 35.3 Å². The average molecular weight is 395 g/mol. The number of ether oxygens (including phenoxy) is 2. The number of Topliss-reactive ketones (excluding diaryl/α,β-unsaturated/α-hetero) is 1. The van der Waals surface area contributed by atoms with Crippen LogP contribution in [0.5, 0.6) is 0 Å². The van der Waals surface area contributed by atoms with Crippen molar-refractivity contribution in [3.8, 4) is 0 Å². The molecule has 1 atom stereocenters. The molecule has 1 saturated carbocycles. The van der Waals surface area contributed by atoms with Gasteiger partial charge in [-0.1, -0.05) is 19.3 Å². The Morgan fingerprint density at radius 1 is 1.34 bits per heavy atom. The zero-order valence-electron chi connectivity index (χ0n) is 16.7. The third-order valence-corrected chi connectivity index (χ3v) is 5.21. The minimum Gasteiger partial charge on any atom is -0.462 e. The second-order valence-electron chi connectivity index (χ2n) is 7.80. The van der Waals surface area contributed by atoms with E-state index in [0.717, 1.165) is 42.3 Å². The van der Waals surface area contributed by atoms with Gasteiger partial charge in [-0.25, -0.2) is 4.98 Å². The van der Waals surface area contributed by atoms with E-state index in [1.807, 2.05) is 12.1 Å². The maximum absolute atomic E-state index is 13.0. The normalized spacial score (nSPS) is 23.3. The highest BCUT2D eigenvalue weighted by Gasteiger charge is 2.45. The Hall–Kier alpha value is -2.96. The van der Waals surface area contributed by atoms with Crippen molar-refractivity contribution in [2.75, 3.05) is 0 Å². The number of rotatable bonds is 4. The summed E-state index contributed by atoms with van der Waals surface area (Å²) in [4.78, 5) is 37.6. The molecule has 7 heteroatoms. The molecular weight excluding hydrogens is 370 g/mol. The molecule has 4 rings (SSSR count). The molecule has 152 valence electrons. The molecule has 2 aliphatic rings. The molecule has 1 saturated heterocycles. The number of nitrogens with one attached hydrogen (secondary N) is 1. The van der Waals surface area contributed by atoms with E-state index in [1.165, 1.54) is 6.42 Å². The van der Waals surface area contributed by atoms with E-state index >= 15 is 0 Å². The first-order valence-corrected chi connectivity index (χ1v) is 10.2. The molecule has 0 radical (unpaired) electrons. The van der Waals surface area contributed by atoms with Gasteiger partial charge in [-0.15, -0.1) is 0 Å². The quantitative estimate of drug-likeness (QED) is 0.483. The van der Waals surface area contributed by atoms with Gasteiger partial charge in [-0.2, -0.15) is 0 Å². The van der Waals surface area contributed by atoms with Gasteiger partial charge in [-0.05, 0) is 44.9 Å². The number of esters is 1. The zero-order chi connectivity index (χ0) is 20.4. The van der Waals surface area contributed by atoms with Crippen molar-refractivity contribution in [1.82, 2.24) is 9.97 Å². The number of aromatic nitrogens is 2. The van der Waals surface area contributed by atoms with Gasteiger partial charge in [-0.3, -0.25) is 14.6 Å². The van der Waals surface area contributed by atoms with Crippen LogP contribution in [0.1, 0.15) is 51.5 Å². The summed E-state index contributed by atoms with van der Waals surface area (Å²) in [5, 5.41) is 0.871. The second kappa shape index (κ2) is 8.19. The molecule has 7 nitrogen and oxygen atoms in total. The van der Waals surface area contributed by atoms with E-state index in [-0.39, 0.29) is 23.8 Å². The zero-order valence-corrected chi connectivity index (χ0v) is 16.7. The maximum atomic E-state index is 13.0. The Kier molecular flexibility index (Phi) is 5.47. The Bertz CT molecular complexity index is 983. The number of hydrogen-bond acceptors (Lipinski definition) is 6. The Morgan fingerprint density at radius 3 is 2.90 bits per heavy atom. The van der Waals surface area contributed by atoms with Gasteiger partial charge in [0.2, 0.25) is 11.7 Å². The van der Waals surface area contributed by atoms with Gasteiger partial charge in [0, 0.05) is 23.3 Å². The standard InChI is InChI=1S/C22H25N3O4/c1-13(2)28-22(27)18-19(26)17(29-21(18)25-15-7-4-3-5-8-15)11-14-12-24-20-16(14)9-6-10-23-20/h6,9-13,15,18H,3-5,7-8H2,1-2H3,(H,23,24)/b17-11-,25-21?. The summed E-state index contributed by atoms with van der Waals surface area (Å²) in [5.41, 5.74) is 1.49. The molecule has 0 aromatic carbocycles. The van der Waals surface area contributed by atoms with Crippen molar-refractivity contribution in [3.63, 3.8) is 0 Å². The number of aromatic amines is 1. The van der Waals surface area contributed by atoms with Gasteiger partial charge in [0.25, 0.3) is 0 Å². The number of ketones is 1. The van der Waals surface area contributed by atoms with Crippen LogP contribution in [0.4, 0.5) is 0 Å². The van der Waals surface area contributed by atoms with Crippen molar-refractivity contribution >= 4 is 34.8 Å². The molecule has 1 aliphatic heterocycles. The van der Waals surface area contributed by atoms with Crippen molar-refractivity contribution in [2.45, 2.75) is 58.1 Å².